The third kappa shape index (κ3) is 5.26. The van der Waals surface area contributed by atoms with E-state index in [1.54, 1.807) is 19.2 Å². The molecule has 3 heterocycles. The predicted octanol–water partition coefficient (Wildman–Crippen LogP) is 5.09. The number of nitrogens with two attached hydrogens (primary N) is 1. The number of hydrogen-bond donors (Lipinski definition) is 2. The molecule has 0 spiro atoms. The molecule has 2 amide bonds. The van der Waals surface area contributed by atoms with Gasteiger partial charge < -0.3 is 30.0 Å². The molecule has 8 nitrogen and oxygen atoms in total. The smallest absolute Gasteiger partial charge is 0.259 e. The van der Waals surface area contributed by atoms with Crippen molar-refractivity contribution < 1.29 is 23.5 Å². The summed E-state index contributed by atoms with van der Waals surface area (Å²) in [5, 5.41) is 3.74. The standard InChI is InChI=1S/C33H35FN4O4/c1-41-17-15-38-20-26(33(40)37-13-10-22(11-14-37)25-18-21(19-35)8-9-27(25)34)30-28(6-3-7-29(30)38)36-32(39)24-5-2-4-23-12-16-42-31(23)24/h2-9,18,20,22H,10-17,19,35H2,1H3,(H,36,39). The van der Waals surface area contributed by atoms with Crippen molar-refractivity contribution >= 4 is 28.4 Å². The zero-order valence-corrected chi connectivity index (χ0v) is 23.7. The fourth-order valence-corrected chi connectivity index (χ4v) is 6.17. The molecule has 0 aliphatic carbocycles. The second-order valence-electron chi connectivity index (χ2n) is 10.9. The predicted molar refractivity (Wildman–Crippen MR) is 160 cm³/mol. The van der Waals surface area contributed by atoms with Gasteiger partial charge in [-0.2, -0.15) is 0 Å². The molecule has 4 aromatic rings. The van der Waals surface area contributed by atoms with Gasteiger partial charge in [0.05, 0.1) is 35.5 Å². The van der Waals surface area contributed by atoms with Crippen molar-refractivity contribution in [2.45, 2.75) is 38.3 Å². The number of aromatic nitrogens is 1. The van der Waals surface area contributed by atoms with Crippen LogP contribution in [0.5, 0.6) is 5.75 Å². The maximum absolute atomic E-state index is 14.7. The average Bonchev–Trinajstić information content (AvgIpc) is 3.65. The Bertz CT molecular complexity index is 1640. The zero-order valence-electron chi connectivity index (χ0n) is 23.7. The highest BCUT2D eigenvalue weighted by molar-refractivity contribution is 6.16. The van der Waals surface area contributed by atoms with Crippen LogP contribution in [0.25, 0.3) is 10.9 Å². The van der Waals surface area contributed by atoms with Gasteiger partial charge in [-0.25, -0.2) is 4.39 Å². The second-order valence-corrected chi connectivity index (χ2v) is 10.9. The quantitative estimate of drug-likeness (QED) is 0.308. The van der Waals surface area contributed by atoms with E-state index in [2.05, 4.69) is 5.32 Å². The number of nitrogens with one attached hydrogen (secondary N) is 1. The van der Waals surface area contributed by atoms with Gasteiger partial charge in [0.15, 0.2) is 0 Å². The number of methoxy groups -OCH3 is 1. The highest BCUT2D eigenvalue weighted by Crippen LogP contribution is 2.35. The van der Waals surface area contributed by atoms with Gasteiger partial charge in [-0.1, -0.05) is 30.3 Å². The lowest BCUT2D eigenvalue weighted by Crippen LogP contribution is -2.38. The first-order valence-corrected chi connectivity index (χ1v) is 14.4. The average molecular weight is 571 g/mol. The summed E-state index contributed by atoms with van der Waals surface area (Å²) in [6.07, 6.45) is 3.93. The van der Waals surface area contributed by atoms with Gasteiger partial charge >= 0.3 is 0 Å². The highest BCUT2D eigenvalue weighted by Gasteiger charge is 2.29. The minimum atomic E-state index is -0.285. The van der Waals surface area contributed by atoms with Gasteiger partial charge in [0.2, 0.25) is 0 Å². The topological polar surface area (TPSA) is 98.8 Å². The molecule has 9 heteroatoms. The van der Waals surface area contributed by atoms with E-state index in [-0.39, 0.29) is 23.5 Å². The second kappa shape index (κ2) is 12.0. The van der Waals surface area contributed by atoms with Crippen molar-refractivity contribution in [3.63, 3.8) is 0 Å². The van der Waals surface area contributed by atoms with Crippen LogP contribution in [0.15, 0.2) is 60.8 Å². The normalized spacial score (nSPS) is 15.1. The summed E-state index contributed by atoms with van der Waals surface area (Å²) >= 11 is 0. The van der Waals surface area contributed by atoms with Gasteiger partial charge in [-0.3, -0.25) is 9.59 Å². The maximum Gasteiger partial charge on any atom is 0.259 e. The number of nitrogens with zero attached hydrogens (tertiary/aromatic N) is 2. The van der Waals surface area contributed by atoms with Crippen molar-refractivity contribution in [3.05, 3.63) is 94.4 Å². The lowest BCUT2D eigenvalue weighted by atomic mass is 9.88. The SMILES string of the molecule is COCCn1cc(C(=O)N2CCC(c3cc(CN)ccc3F)CC2)c2c(NC(=O)c3cccc4c3OCC4)cccc21. The number of ether oxygens (including phenoxy) is 2. The number of rotatable bonds is 8. The molecule has 3 aromatic carbocycles. The van der Waals surface area contributed by atoms with Crippen LogP contribution >= 0.6 is 0 Å². The number of hydrogen-bond acceptors (Lipinski definition) is 5. The number of carbonyl (C=O) groups excluding carboxylic acids is 2. The van der Waals surface area contributed by atoms with E-state index in [1.165, 1.54) is 6.07 Å². The van der Waals surface area contributed by atoms with Crippen molar-refractivity contribution in [1.82, 2.24) is 9.47 Å². The summed E-state index contributed by atoms with van der Waals surface area (Å²) in [5.41, 5.74) is 10.7. The largest absolute Gasteiger partial charge is 0.492 e. The Morgan fingerprint density at radius 2 is 1.90 bits per heavy atom. The molecule has 2 aliphatic heterocycles. The Hall–Kier alpha value is -4.21. The van der Waals surface area contributed by atoms with Crippen LogP contribution in [-0.2, 0) is 24.2 Å². The van der Waals surface area contributed by atoms with Crippen molar-refractivity contribution in [2.24, 2.45) is 5.73 Å². The van der Waals surface area contributed by atoms with Crippen LogP contribution in [-0.4, -0.2) is 54.7 Å². The Morgan fingerprint density at radius 1 is 1.10 bits per heavy atom. The number of halogens is 1. The van der Waals surface area contributed by atoms with Crippen LogP contribution < -0.4 is 15.8 Å². The summed E-state index contributed by atoms with van der Waals surface area (Å²) in [5.74, 6) is 0.0111. The molecule has 3 N–H and O–H groups in total. The Balaban J connectivity index is 1.29. The minimum absolute atomic E-state index is 0.0215. The maximum atomic E-state index is 14.7. The number of fused-ring (bicyclic) bond motifs is 2. The summed E-state index contributed by atoms with van der Waals surface area (Å²) in [4.78, 5) is 29.3. The zero-order chi connectivity index (χ0) is 29.2. The van der Waals surface area contributed by atoms with E-state index in [0.717, 1.165) is 23.1 Å². The molecule has 218 valence electrons. The van der Waals surface area contributed by atoms with Gasteiger partial charge in [-0.15, -0.1) is 0 Å². The molecular formula is C33H35FN4O4. The van der Waals surface area contributed by atoms with E-state index in [9.17, 15) is 14.0 Å². The number of para-hydroxylation sites is 1. The Labute approximate surface area is 244 Å². The Kier molecular flexibility index (Phi) is 7.95. The molecule has 1 saturated heterocycles. The van der Waals surface area contributed by atoms with Gasteiger partial charge in [0.25, 0.3) is 11.8 Å². The molecule has 0 bridgehead atoms. The van der Waals surface area contributed by atoms with E-state index in [1.807, 2.05) is 52.1 Å². The Morgan fingerprint density at radius 3 is 2.69 bits per heavy atom. The van der Waals surface area contributed by atoms with E-state index < -0.39 is 0 Å². The number of carbonyl (C=O) groups is 2. The first-order valence-electron chi connectivity index (χ1n) is 14.4. The van der Waals surface area contributed by atoms with Crippen molar-refractivity contribution in [1.29, 1.82) is 0 Å². The van der Waals surface area contributed by atoms with Crippen molar-refractivity contribution in [3.8, 4) is 5.75 Å². The number of piperidine rings is 1. The fourth-order valence-electron chi connectivity index (χ4n) is 6.17. The number of benzene rings is 3. The molecule has 1 aromatic heterocycles. The summed E-state index contributed by atoms with van der Waals surface area (Å²) in [6.45, 7) is 2.94. The van der Waals surface area contributed by atoms with Crippen LogP contribution in [0, 0.1) is 5.82 Å². The molecule has 0 radical (unpaired) electrons. The minimum Gasteiger partial charge on any atom is -0.492 e. The monoisotopic (exact) mass is 570 g/mol. The molecule has 6 rings (SSSR count). The first kappa shape index (κ1) is 27.9. The third-order valence-corrected chi connectivity index (χ3v) is 8.40. The molecule has 0 atom stereocenters. The number of amides is 2. The van der Waals surface area contributed by atoms with Crippen molar-refractivity contribution in [2.75, 3.05) is 38.7 Å². The van der Waals surface area contributed by atoms with Crippen LogP contribution in [0.1, 0.15) is 56.2 Å². The molecule has 42 heavy (non-hydrogen) atoms. The lowest BCUT2D eigenvalue weighted by Gasteiger charge is -2.32. The third-order valence-electron chi connectivity index (χ3n) is 8.40. The number of likely N-dealkylation sites (tertiary alicyclic amines) is 1. The highest BCUT2D eigenvalue weighted by atomic mass is 19.1. The molecule has 1 fully saturated rings. The lowest BCUT2D eigenvalue weighted by molar-refractivity contribution is 0.0713. The fraction of sp³-hybridized carbons (Fsp3) is 0.333. The summed E-state index contributed by atoms with van der Waals surface area (Å²) in [7, 11) is 1.64. The number of anilines is 1. The van der Waals surface area contributed by atoms with Crippen LogP contribution in [0.2, 0.25) is 0 Å². The van der Waals surface area contributed by atoms with Gasteiger partial charge in [-0.05, 0) is 59.7 Å². The van der Waals surface area contributed by atoms with Gasteiger partial charge in [0, 0.05) is 51.3 Å². The van der Waals surface area contributed by atoms with Crippen LogP contribution in [0.4, 0.5) is 10.1 Å². The van der Waals surface area contributed by atoms with Gasteiger partial charge in [0.1, 0.15) is 11.6 Å². The molecule has 2 aliphatic rings. The summed E-state index contributed by atoms with van der Waals surface area (Å²) < 4.78 is 27.7. The summed E-state index contributed by atoms with van der Waals surface area (Å²) in [6, 6.07) is 16.3. The van der Waals surface area contributed by atoms with E-state index in [4.69, 9.17) is 15.2 Å². The molecule has 0 unspecified atom stereocenters. The van der Waals surface area contributed by atoms with E-state index in [0.29, 0.717) is 85.7 Å². The molecular weight excluding hydrogens is 535 g/mol. The molecule has 0 saturated carbocycles. The first-order chi connectivity index (χ1) is 20.5. The van der Waals surface area contributed by atoms with Crippen LogP contribution in [0.3, 0.4) is 0 Å². The van der Waals surface area contributed by atoms with E-state index >= 15 is 0 Å².